The van der Waals surface area contributed by atoms with Gasteiger partial charge in [0.05, 0.1) is 25.0 Å². The highest BCUT2D eigenvalue weighted by molar-refractivity contribution is 8.00. The van der Waals surface area contributed by atoms with Crippen molar-refractivity contribution in [2.45, 2.75) is 61.9 Å². The summed E-state index contributed by atoms with van der Waals surface area (Å²) in [5.41, 5.74) is 0.700. The van der Waals surface area contributed by atoms with E-state index in [1.165, 1.54) is 42.1 Å². The van der Waals surface area contributed by atoms with Crippen LogP contribution >= 0.6 is 11.8 Å². The zero-order valence-electron chi connectivity index (χ0n) is 17.2. The molecular weight excluding hydrogens is 390 g/mol. The van der Waals surface area contributed by atoms with Crippen LogP contribution in [0.25, 0.3) is 11.4 Å². The third-order valence-corrected chi connectivity index (χ3v) is 6.22. The summed E-state index contributed by atoms with van der Waals surface area (Å²) in [6, 6.07) is 5.66. The van der Waals surface area contributed by atoms with Gasteiger partial charge in [-0.1, -0.05) is 37.4 Å². The number of thioether (sulfide) groups is 1. The Bertz CT molecular complexity index is 834. The fraction of sp³-hybridized carbons (Fsp3) is 0.550. The zero-order chi connectivity index (χ0) is 20.8. The number of nitrogen functional groups attached to an aromatic ring is 1. The van der Waals surface area contributed by atoms with Gasteiger partial charge in [0.15, 0.2) is 5.82 Å². The molecule has 1 saturated carbocycles. The highest BCUT2D eigenvalue weighted by Crippen LogP contribution is 2.33. The van der Waals surface area contributed by atoms with E-state index in [-0.39, 0.29) is 17.2 Å². The van der Waals surface area contributed by atoms with Gasteiger partial charge in [0, 0.05) is 12.1 Å². The quantitative estimate of drug-likeness (QED) is 0.404. The average molecular weight is 420 g/mol. The third kappa shape index (κ3) is 5.14. The van der Waals surface area contributed by atoms with Crippen LogP contribution in [-0.2, 0) is 4.79 Å². The lowest BCUT2D eigenvalue weighted by molar-refractivity contribution is -0.121. The van der Waals surface area contributed by atoms with E-state index in [0.29, 0.717) is 28.0 Å². The van der Waals surface area contributed by atoms with Gasteiger partial charge in [-0.2, -0.15) is 0 Å². The van der Waals surface area contributed by atoms with Crippen molar-refractivity contribution in [1.82, 2.24) is 20.2 Å². The van der Waals surface area contributed by atoms with Crippen molar-refractivity contribution >= 4 is 17.7 Å². The van der Waals surface area contributed by atoms with Crippen LogP contribution in [0.15, 0.2) is 23.4 Å². The Kier molecular flexibility index (Phi) is 7.24. The molecule has 0 spiro atoms. The lowest BCUT2D eigenvalue weighted by atomic mass is 10.1. The Hall–Kier alpha value is -2.42. The Morgan fingerprint density at radius 1 is 1.21 bits per heavy atom. The molecule has 1 aromatic heterocycles. The summed E-state index contributed by atoms with van der Waals surface area (Å²) < 4.78 is 12.1. The highest BCUT2D eigenvalue weighted by Gasteiger charge is 2.23. The summed E-state index contributed by atoms with van der Waals surface area (Å²) >= 11 is 1.30. The van der Waals surface area contributed by atoms with Crippen molar-refractivity contribution in [3.05, 3.63) is 18.2 Å². The van der Waals surface area contributed by atoms with Gasteiger partial charge in [-0.15, -0.1) is 10.2 Å². The molecule has 3 rings (SSSR count). The van der Waals surface area contributed by atoms with Crippen molar-refractivity contribution in [2.24, 2.45) is 0 Å². The second-order valence-corrected chi connectivity index (χ2v) is 8.51. The minimum Gasteiger partial charge on any atom is -0.497 e. The number of nitrogens with one attached hydrogen (secondary N) is 1. The standard InChI is InChI=1S/C20H29N5O3S/c1-13(19(26)22-14-8-6-4-5-7-9-14)29-20-24-23-18(25(20)21)16-11-10-15(27-2)12-17(16)28-3/h10-14H,4-9,21H2,1-3H3,(H,22,26)/t13-/m0/s1. The maximum Gasteiger partial charge on any atom is 0.233 e. The summed E-state index contributed by atoms with van der Waals surface area (Å²) in [6.07, 6.45) is 6.97. The summed E-state index contributed by atoms with van der Waals surface area (Å²) in [5, 5.41) is 11.7. The molecule has 0 unspecified atom stereocenters. The molecule has 1 amide bonds. The Balaban J connectivity index is 1.70. The molecule has 9 heteroatoms. The van der Waals surface area contributed by atoms with Crippen LogP contribution in [0.2, 0.25) is 0 Å². The first-order chi connectivity index (χ1) is 14.0. The minimum absolute atomic E-state index is 0.00785. The summed E-state index contributed by atoms with van der Waals surface area (Å²) in [6.45, 7) is 1.86. The van der Waals surface area contributed by atoms with Gasteiger partial charge < -0.3 is 20.6 Å². The predicted molar refractivity (Wildman–Crippen MR) is 114 cm³/mol. The lowest BCUT2D eigenvalue weighted by Gasteiger charge is -2.19. The van der Waals surface area contributed by atoms with E-state index in [9.17, 15) is 4.79 Å². The Labute approximate surface area is 175 Å². The van der Waals surface area contributed by atoms with Crippen LogP contribution < -0.4 is 20.6 Å². The van der Waals surface area contributed by atoms with Crippen LogP contribution in [0, 0.1) is 0 Å². The number of hydrogen-bond acceptors (Lipinski definition) is 7. The fourth-order valence-corrected chi connectivity index (χ4v) is 4.26. The van der Waals surface area contributed by atoms with E-state index < -0.39 is 0 Å². The zero-order valence-corrected chi connectivity index (χ0v) is 18.0. The lowest BCUT2D eigenvalue weighted by Crippen LogP contribution is -2.39. The van der Waals surface area contributed by atoms with Gasteiger partial charge in [0.1, 0.15) is 11.5 Å². The van der Waals surface area contributed by atoms with Crippen molar-refractivity contribution in [1.29, 1.82) is 0 Å². The molecule has 1 aliphatic carbocycles. The summed E-state index contributed by atoms with van der Waals surface area (Å²) in [5.74, 6) is 7.96. The normalized spacial score (nSPS) is 16.1. The molecule has 0 aliphatic heterocycles. The SMILES string of the molecule is COc1ccc(-c2nnc(S[C@@H](C)C(=O)NC3CCCCCC3)n2N)c(OC)c1. The van der Waals surface area contributed by atoms with E-state index in [1.807, 2.05) is 19.1 Å². The number of ether oxygens (including phenoxy) is 2. The van der Waals surface area contributed by atoms with Gasteiger partial charge in [0.25, 0.3) is 0 Å². The number of amides is 1. The molecule has 158 valence electrons. The maximum absolute atomic E-state index is 12.6. The number of nitrogens with zero attached hydrogens (tertiary/aromatic N) is 3. The largest absolute Gasteiger partial charge is 0.497 e. The predicted octanol–water partition coefficient (Wildman–Crippen LogP) is 3.00. The number of methoxy groups -OCH3 is 2. The molecule has 1 atom stereocenters. The van der Waals surface area contributed by atoms with Gasteiger partial charge in [-0.3, -0.25) is 4.79 Å². The molecule has 29 heavy (non-hydrogen) atoms. The van der Waals surface area contributed by atoms with Gasteiger partial charge in [0.2, 0.25) is 11.1 Å². The van der Waals surface area contributed by atoms with Crippen LogP contribution in [0.1, 0.15) is 45.4 Å². The maximum atomic E-state index is 12.6. The van der Waals surface area contributed by atoms with Gasteiger partial charge in [-0.25, -0.2) is 4.68 Å². The van der Waals surface area contributed by atoms with E-state index in [1.54, 1.807) is 20.3 Å². The van der Waals surface area contributed by atoms with E-state index in [2.05, 4.69) is 15.5 Å². The third-order valence-electron chi connectivity index (χ3n) is 5.17. The molecule has 3 N–H and O–H groups in total. The second kappa shape index (κ2) is 9.87. The fourth-order valence-electron chi connectivity index (χ4n) is 3.48. The molecule has 0 radical (unpaired) electrons. The number of hydrogen-bond donors (Lipinski definition) is 2. The Morgan fingerprint density at radius 3 is 2.59 bits per heavy atom. The second-order valence-electron chi connectivity index (χ2n) is 7.20. The number of carbonyl (C=O) groups excluding carboxylic acids is 1. The average Bonchev–Trinajstić information content (AvgIpc) is 2.92. The van der Waals surface area contributed by atoms with Gasteiger partial charge >= 0.3 is 0 Å². The Morgan fingerprint density at radius 2 is 1.93 bits per heavy atom. The van der Waals surface area contributed by atoms with Crippen molar-refractivity contribution in [2.75, 3.05) is 20.1 Å². The number of aromatic nitrogens is 3. The van der Waals surface area contributed by atoms with Crippen molar-refractivity contribution in [3.63, 3.8) is 0 Å². The topological polar surface area (TPSA) is 104 Å². The smallest absolute Gasteiger partial charge is 0.233 e. The van der Waals surface area contributed by atoms with Crippen LogP contribution in [0.5, 0.6) is 11.5 Å². The molecule has 0 saturated heterocycles. The van der Waals surface area contributed by atoms with E-state index in [4.69, 9.17) is 15.3 Å². The van der Waals surface area contributed by atoms with Crippen LogP contribution in [0.4, 0.5) is 0 Å². The number of benzene rings is 1. The molecule has 8 nitrogen and oxygen atoms in total. The summed E-state index contributed by atoms with van der Waals surface area (Å²) in [7, 11) is 3.17. The van der Waals surface area contributed by atoms with Crippen LogP contribution in [0.3, 0.4) is 0 Å². The van der Waals surface area contributed by atoms with E-state index >= 15 is 0 Å². The molecule has 1 fully saturated rings. The molecule has 1 aromatic carbocycles. The minimum atomic E-state index is -0.324. The molecule has 1 aliphatic rings. The first-order valence-electron chi connectivity index (χ1n) is 9.93. The number of carbonyl (C=O) groups is 1. The van der Waals surface area contributed by atoms with Crippen molar-refractivity contribution < 1.29 is 14.3 Å². The highest BCUT2D eigenvalue weighted by atomic mass is 32.2. The summed E-state index contributed by atoms with van der Waals surface area (Å²) in [4.78, 5) is 12.6. The molecular formula is C20H29N5O3S. The number of rotatable bonds is 7. The monoisotopic (exact) mass is 419 g/mol. The van der Waals surface area contributed by atoms with Crippen LogP contribution in [-0.4, -0.2) is 46.3 Å². The van der Waals surface area contributed by atoms with E-state index in [0.717, 1.165) is 12.8 Å². The molecule has 2 aromatic rings. The molecule has 1 heterocycles. The number of nitrogens with two attached hydrogens (primary N) is 1. The molecule has 0 bridgehead atoms. The first-order valence-corrected chi connectivity index (χ1v) is 10.8. The first kappa shape index (κ1) is 21.3. The van der Waals surface area contributed by atoms with Gasteiger partial charge in [-0.05, 0) is 31.9 Å². The van der Waals surface area contributed by atoms with Crippen molar-refractivity contribution in [3.8, 4) is 22.9 Å².